The second-order valence-corrected chi connectivity index (χ2v) is 4.66. The monoisotopic (exact) mass is 217 g/mol. The molecule has 0 spiro atoms. The van der Waals surface area contributed by atoms with Gasteiger partial charge in [0.05, 0.1) is 5.01 Å². The summed E-state index contributed by atoms with van der Waals surface area (Å²) in [7, 11) is 0. The number of aromatic nitrogens is 1. The molecule has 0 unspecified atom stereocenters. The van der Waals surface area contributed by atoms with E-state index in [0.717, 1.165) is 10.5 Å². The zero-order chi connectivity index (χ0) is 7.14. The Kier molecular flexibility index (Phi) is 1.57. The number of halogens is 1. The smallest absolute Gasteiger partial charge is 0.120 e. The summed E-state index contributed by atoms with van der Waals surface area (Å²) >= 11 is 5.24. The zero-order valence-corrected chi connectivity index (χ0v) is 8.13. The van der Waals surface area contributed by atoms with Crippen LogP contribution in [0, 0.1) is 6.92 Å². The molecule has 1 aromatic rings. The van der Waals surface area contributed by atoms with Crippen molar-refractivity contribution in [3.05, 3.63) is 14.5 Å². The summed E-state index contributed by atoms with van der Waals surface area (Å²) in [5, 5.41) is 1.32. The fraction of sp³-hybridized carbons (Fsp3) is 0.571. The van der Waals surface area contributed by atoms with E-state index in [9.17, 15) is 0 Å². The summed E-state index contributed by atoms with van der Waals surface area (Å²) in [5.41, 5.74) is 0. The number of hydrogen-bond acceptors (Lipinski definition) is 2. The van der Waals surface area contributed by atoms with Crippen LogP contribution in [0.4, 0.5) is 0 Å². The van der Waals surface area contributed by atoms with Crippen molar-refractivity contribution in [3.63, 3.8) is 0 Å². The topological polar surface area (TPSA) is 12.9 Å². The SMILES string of the molecule is Cc1sc(C2CC2)nc1Br. The van der Waals surface area contributed by atoms with Crippen molar-refractivity contribution < 1.29 is 0 Å². The van der Waals surface area contributed by atoms with E-state index in [-0.39, 0.29) is 0 Å². The van der Waals surface area contributed by atoms with E-state index in [0.29, 0.717) is 0 Å². The van der Waals surface area contributed by atoms with Crippen LogP contribution in [0.1, 0.15) is 28.6 Å². The molecule has 0 aromatic carbocycles. The molecule has 3 heteroatoms. The molecule has 0 radical (unpaired) electrons. The fourth-order valence-electron chi connectivity index (χ4n) is 0.902. The van der Waals surface area contributed by atoms with Gasteiger partial charge in [-0.2, -0.15) is 0 Å². The second kappa shape index (κ2) is 2.31. The van der Waals surface area contributed by atoms with Gasteiger partial charge >= 0.3 is 0 Å². The Morgan fingerprint density at radius 1 is 1.60 bits per heavy atom. The quantitative estimate of drug-likeness (QED) is 0.705. The van der Waals surface area contributed by atoms with Crippen molar-refractivity contribution in [1.82, 2.24) is 4.98 Å². The van der Waals surface area contributed by atoms with Crippen LogP contribution >= 0.6 is 27.3 Å². The Morgan fingerprint density at radius 2 is 2.30 bits per heavy atom. The summed E-state index contributed by atoms with van der Waals surface area (Å²) in [6.07, 6.45) is 2.69. The lowest BCUT2D eigenvalue weighted by Crippen LogP contribution is -1.72. The molecule has 0 atom stereocenters. The molecule has 1 aromatic heterocycles. The second-order valence-electron chi connectivity index (χ2n) is 2.67. The van der Waals surface area contributed by atoms with Gasteiger partial charge in [-0.3, -0.25) is 0 Å². The first-order valence-corrected chi connectivity index (χ1v) is 5.01. The summed E-state index contributed by atoms with van der Waals surface area (Å²) in [6, 6.07) is 0. The number of nitrogens with zero attached hydrogens (tertiary/aromatic N) is 1. The highest BCUT2D eigenvalue weighted by Crippen LogP contribution is 2.43. The molecule has 0 amide bonds. The minimum absolute atomic E-state index is 0.801. The highest BCUT2D eigenvalue weighted by atomic mass is 79.9. The first-order valence-electron chi connectivity index (χ1n) is 3.40. The van der Waals surface area contributed by atoms with Gasteiger partial charge in [-0.1, -0.05) is 0 Å². The fourth-order valence-corrected chi connectivity index (χ4v) is 2.44. The Hall–Kier alpha value is 0.110. The molecule has 1 heterocycles. The lowest BCUT2D eigenvalue weighted by atomic mass is 10.5. The molecular weight excluding hydrogens is 210 g/mol. The number of hydrogen-bond donors (Lipinski definition) is 0. The molecule has 0 aliphatic heterocycles. The van der Waals surface area contributed by atoms with Gasteiger partial charge in [0.15, 0.2) is 0 Å². The molecule has 1 nitrogen and oxygen atoms in total. The van der Waals surface area contributed by atoms with E-state index < -0.39 is 0 Å². The molecule has 1 fully saturated rings. The third-order valence-corrected chi connectivity index (χ3v) is 3.85. The van der Waals surface area contributed by atoms with E-state index >= 15 is 0 Å². The maximum Gasteiger partial charge on any atom is 0.120 e. The van der Waals surface area contributed by atoms with Crippen LogP contribution in [0.3, 0.4) is 0 Å². The number of thiazole rings is 1. The Labute approximate surface area is 72.6 Å². The van der Waals surface area contributed by atoms with Crippen LogP contribution in [0.2, 0.25) is 0 Å². The summed E-state index contributed by atoms with van der Waals surface area (Å²) in [4.78, 5) is 5.71. The number of aryl methyl sites for hydroxylation is 1. The summed E-state index contributed by atoms with van der Waals surface area (Å²) < 4.78 is 1.04. The molecule has 0 bridgehead atoms. The van der Waals surface area contributed by atoms with Crippen LogP contribution in [0.25, 0.3) is 0 Å². The van der Waals surface area contributed by atoms with Crippen molar-refractivity contribution >= 4 is 27.3 Å². The molecule has 1 aliphatic rings. The molecule has 0 N–H and O–H groups in total. The summed E-state index contributed by atoms with van der Waals surface area (Å²) in [6.45, 7) is 2.10. The van der Waals surface area contributed by atoms with E-state index in [1.807, 2.05) is 11.3 Å². The highest BCUT2D eigenvalue weighted by molar-refractivity contribution is 9.10. The van der Waals surface area contributed by atoms with Crippen LogP contribution in [0.5, 0.6) is 0 Å². The lowest BCUT2D eigenvalue weighted by Gasteiger charge is -1.81. The maximum absolute atomic E-state index is 4.41. The third-order valence-electron chi connectivity index (χ3n) is 1.68. The van der Waals surface area contributed by atoms with Crippen LogP contribution in [0.15, 0.2) is 4.60 Å². The highest BCUT2D eigenvalue weighted by Gasteiger charge is 2.27. The first kappa shape index (κ1) is 6.80. The zero-order valence-electron chi connectivity index (χ0n) is 5.72. The van der Waals surface area contributed by atoms with Crippen molar-refractivity contribution in [2.45, 2.75) is 25.7 Å². The largest absolute Gasteiger partial charge is 0.234 e. The van der Waals surface area contributed by atoms with Gasteiger partial charge in [-0.05, 0) is 35.7 Å². The Morgan fingerprint density at radius 3 is 2.70 bits per heavy atom. The van der Waals surface area contributed by atoms with E-state index in [1.165, 1.54) is 22.7 Å². The predicted octanol–water partition coefficient (Wildman–Crippen LogP) is 3.09. The predicted molar refractivity (Wildman–Crippen MR) is 46.5 cm³/mol. The third kappa shape index (κ3) is 1.12. The standard InChI is InChI=1S/C7H8BrNS/c1-4-6(8)9-7(10-4)5-2-3-5/h5H,2-3H2,1H3. The van der Waals surface area contributed by atoms with Crippen LogP contribution in [-0.4, -0.2) is 4.98 Å². The average molecular weight is 218 g/mol. The lowest BCUT2D eigenvalue weighted by molar-refractivity contribution is 1.07. The van der Waals surface area contributed by atoms with Gasteiger partial charge in [0.25, 0.3) is 0 Å². The maximum atomic E-state index is 4.41. The van der Waals surface area contributed by atoms with E-state index in [4.69, 9.17) is 0 Å². The normalized spacial score (nSPS) is 17.8. The molecular formula is C7H8BrNS. The first-order chi connectivity index (χ1) is 4.77. The van der Waals surface area contributed by atoms with E-state index in [2.05, 4.69) is 27.8 Å². The summed E-state index contributed by atoms with van der Waals surface area (Å²) in [5.74, 6) is 0.801. The van der Waals surface area contributed by atoms with Gasteiger partial charge < -0.3 is 0 Å². The Bertz CT molecular complexity index is 233. The molecule has 54 valence electrons. The minimum Gasteiger partial charge on any atom is -0.234 e. The van der Waals surface area contributed by atoms with Gasteiger partial charge in [0.1, 0.15) is 4.60 Å². The molecule has 1 aliphatic carbocycles. The van der Waals surface area contributed by atoms with Gasteiger partial charge in [0.2, 0.25) is 0 Å². The minimum atomic E-state index is 0.801. The van der Waals surface area contributed by atoms with Gasteiger partial charge in [-0.25, -0.2) is 4.98 Å². The molecule has 2 rings (SSSR count). The van der Waals surface area contributed by atoms with E-state index in [1.54, 1.807) is 0 Å². The molecule has 1 saturated carbocycles. The van der Waals surface area contributed by atoms with Crippen LogP contribution < -0.4 is 0 Å². The molecule has 10 heavy (non-hydrogen) atoms. The number of rotatable bonds is 1. The Balaban J connectivity index is 2.34. The molecule has 0 saturated heterocycles. The van der Waals surface area contributed by atoms with Crippen molar-refractivity contribution in [1.29, 1.82) is 0 Å². The van der Waals surface area contributed by atoms with Crippen molar-refractivity contribution in [2.75, 3.05) is 0 Å². The van der Waals surface area contributed by atoms with Gasteiger partial charge in [0, 0.05) is 10.8 Å². The van der Waals surface area contributed by atoms with Crippen LogP contribution in [-0.2, 0) is 0 Å². The van der Waals surface area contributed by atoms with Gasteiger partial charge in [-0.15, -0.1) is 11.3 Å². The van der Waals surface area contributed by atoms with Crippen molar-refractivity contribution in [2.24, 2.45) is 0 Å². The average Bonchev–Trinajstić information content (AvgIpc) is 2.64. The van der Waals surface area contributed by atoms with Crippen molar-refractivity contribution in [3.8, 4) is 0 Å².